The van der Waals surface area contributed by atoms with E-state index in [1.165, 1.54) is 17.7 Å². The van der Waals surface area contributed by atoms with Gasteiger partial charge in [-0.05, 0) is 35.7 Å². The zero-order valence-corrected chi connectivity index (χ0v) is 17.7. The highest BCUT2D eigenvalue weighted by atomic mass is 35.5. The van der Waals surface area contributed by atoms with Gasteiger partial charge in [-0.3, -0.25) is 4.90 Å². The van der Waals surface area contributed by atoms with Gasteiger partial charge in [0.2, 0.25) is 0 Å². The van der Waals surface area contributed by atoms with Gasteiger partial charge in [0, 0.05) is 44.3 Å². The van der Waals surface area contributed by atoms with E-state index in [2.05, 4.69) is 9.80 Å². The van der Waals surface area contributed by atoms with E-state index >= 15 is 0 Å². The van der Waals surface area contributed by atoms with Crippen LogP contribution in [0.15, 0.2) is 48.5 Å². The van der Waals surface area contributed by atoms with E-state index in [-0.39, 0.29) is 24.8 Å². The van der Waals surface area contributed by atoms with Crippen LogP contribution in [0.1, 0.15) is 16.7 Å². The molecule has 1 heterocycles. The minimum atomic E-state index is -4.28. The Bertz CT molecular complexity index is 715. The van der Waals surface area contributed by atoms with Crippen LogP contribution in [0.4, 0.5) is 13.2 Å². The molecule has 0 atom stereocenters. The third-order valence-electron chi connectivity index (χ3n) is 4.76. The molecular formula is C20H24Cl3F3N2. The second-order valence-corrected chi connectivity index (χ2v) is 7.13. The van der Waals surface area contributed by atoms with Crippen molar-refractivity contribution in [1.29, 1.82) is 0 Å². The summed E-state index contributed by atoms with van der Waals surface area (Å²) < 4.78 is 38.5. The highest BCUT2D eigenvalue weighted by Crippen LogP contribution is 2.29. The van der Waals surface area contributed by atoms with Crippen LogP contribution in [-0.4, -0.2) is 42.5 Å². The number of halogens is 6. The molecule has 8 heteroatoms. The van der Waals surface area contributed by atoms with E-state index in [0.717, 1.165) is 55.8 Å². The molecular weight excluding hydrogens is 432 g/mol. The van der Waals surface area contributed by atoms with Crippen molar-refractivity contribution in [3.63, 3.8) is 0 Å². The highest BCUT2D eigenvalue weighted by molar-refractivity contribution is 6.30. The fraction of sp³-hybridized carbons (Fsp3) is 0.400. The number of rotatable bonds is 5. The van der Waals surface area contributed by atoms with Crippen LogP contribution in [0.5, 0.6) is 0 Å². The molecule has 1 saturated heterocycles. The van der Waals surface area contributed by atoms with Crippen LogP contribution in [-0.2, 0) is 19.1 Å². The molecule has 1 aliphatic heterocycles. The second kappa shape index (κ2) is 11.3. The summed E-state index contributed by atoms with van der Waals surface area (Å²) in [6.07, 6.45) is -3.30. The number of benzene rings is 2. The molecule has 1 aliphatic rings. The Balaban J connectivity index is 0.00000196. The predicted molar refractivity (Wildman–Crippen MR) is 113 cm³/mol. The van der Waals surface area contributed by atoms with Crippen molar-refractivity contribution in [2.45, 2.75) is 19.1 Å². The molecule has 156 valence electrons. The first-order valence-electron chi connectivity index (χ1n) is 8.75. The first kappa shape index (κ1) is 25.1. The maximum Gasteiger partial charge on any atom is 0.416 e. The van der Waals surface area contributed by atoms with Gasteiger partial charge < -0.3 is 4.90 Å². The number of hydrogen-bond donors (Lipinski definition) is 0. The summed E-state index contributed by atoms with van der Waals surface area (Å²) in [5, 5.41) is 0.747. The number of piperazine rings is 1. The topological polar surface area (TPSA) is 6.48 Å². The third-order valence-corrected chi connectivity index (χ3v) is 5.01. The average Bonchev–Trinajstić information content (AvgIpc) is 2.62. The van der Waals surface area contributed by atoms with Crippen LogP contribution < -0.4 is 0 Å². The van der Waals surface area contributed by atoms with Gasteiger partial charge in [0.05, 0.1) is 5.56 Å². The van der Waals surface area contributed by atoms with Gasteiger partial charge in [0.15, 0.2) is 0 Å². The molecule has 0 radical (unpaired) electrons. The summed E-state index contributed by atoms with van der Waals surface area (Å²) in [6, 6.07) is 13.5. The molecule has 2 aromatic carbocycles. The quantitative estimate of drug-likeness (QED) is 0.582. The molecule has 0 bridgehead atoms. The van der Waals surface area contributed by atoms with Gasteiger partial charge in [0.25, 0.3) is 0 Å². The van der Waals surface area contributed by atoms with Crippen LogP contribution in [0, 0.1) is 0 Å². The molecule has 0 aliphatic carbocycles. The number of alkyl halides is 3. The number of nitrogens with zero attached hydrogens (tertiary/aromatic N) is 2. The summed E-state index contributed by atoms with van der Waals surface area (Å²) in [5.41, 5.74) is 1.41. The van der Waals surface area contributed by atoms with E-state index in [0.29, 0.717) is 6.54 Å². The minimum absolute atomic E-state index is 0. The normalized spacial score (nSPS) is 15.6. The summed E-state index contributed by atoms with van der Waals surface area (Å²) in [7, 11) is 0. The summed E-state index contributed by atoms with van der Waals surface area (Å²) >= 11 is 5.90. The van der Waals surface area contributed by atoms with Crippen LogP contribution in [0.2, 0.25) is 5.02 Å². The zero-order chi connectivity index (χ0) is 18.6. The Kier molecular flexibility index (Phi) is 10.1. The minimum Gasteiger partial charge on any atom is -0.300 e. The summed E-state index contributed by atoms with van der Waals surface area (Å²) in [4.78, 5) is 4.62. The van der Waals surface area contributed by atoms with Crippen molar-refractivity contribution in [1.82, 2.24) is 9.80 Å². The van der Waals surface area contributed by atoms with E-state index < -0.39 is 11.7 Å². The Morgan fingerprint density at radius 2 is 1.43 bits per heavy atom. The van der Waals surface area contributed by atoms with Crippen molar-refractivity contribution in [2.24, 2.45) is 0 Å². The first-order valence-corrected chi connectivity index (χ1v) is 9.13. The lowest BCUT2D eigenvalue weighted by Crippen LogP contribution is -2.46. The molecule has 0 N–H and O–H groups in total. The molecule has 0 saturated carbocycles. The maximum absolute atomic E-state index is 12.8. The van der Waals surface area contributed by atoms with E-state index in [1.54, 1.807) is 6.07 Å². The fourth-order valence-corrected chi connectivity index (χ4v) is 3.34. The zero-order valence-electron chi connectivity index (χ0n) is 15.3. The average molecular weight is 456 g/mol. The molecule has 28 heavy (non-hydrogen) atoms. The van der Waals surface area contributed by atoms with Gasteiger partial charge in [-0.2, -0.15) is 13.2 Å². The van der Waals surface area contributed by atoms with E-state index in [4.69, 9.17) is 11.6 Å². The van der Waals surface area contributed by atoms with Gasteiger partial charge >= 0.3 is 6.18 Å². The van der Waals surface area contributed by atoms with Crippen LogP contribution in [0.3, 0.4) is 0 Å². The Morgan fingerprint density at radius 3 is 2.04 bits per heavy atom. The summed E-state index contributed by atoms with van der Waals surface area (Å²) in [5.74, 6) is 0. The smallest absolute Gasteiger partial charge is 0.300 e. The molecule has 1 fully saturated rings. The van der Waals surface area contributed by atoms with Crippen molar-refractivity contribution in [2.75, 3.05) is 32.7 Å². The van der Waals surface area contributed by atoms with Crippen molar-refractivity contribution in [3.05, 3.63) is 70.2 Å². The summed E-state index contributed by atoms with van der Waals surface area (Å²) in [6.45, 7) is 5.17. The Labute approximate surface area is 181 Å². The largest absolute Gasteiger partial charge is 0.416 e. The standard InChI is InChI=1S/C20H22ClF3N2.2ClH/c21-19-6-4-16(5-7-19)8-9-25-10-12-26(13-11-25)15-17-2-1-3-18(14-17)20(22,23)24;;/h1-7,14H,8-13,15H2;2*1H. The Morgan fingerprint density at radius 1 is 0.821 bits per heavy atom. The van der Waals surface area contributed by atoms with Gasteiger partial charge in [0.1, 0.15) is 0 Å². The Hall–Kier alpha value is -0.980. The predicted octanol–water partition coefficient (Wildman–Crippen LogP) is 5.56. The van der Waals surface area contributed by atoms with E-state index in [9.17, 15) is 13.2 Å². The molecule has 0 unspecified atom stereocenters. The van der Waals surface area contributed by atoms with Gasteiger partial charge in [-0.15, -0.1) is 24.8 Å². The second-order valence-electron chi connectivity index (χ2n) is 6.69. The van der Waals surface area contributed by atoms with Crippen molar-refractivity contribution >= 4 is 36.4 Å². The highest BCUT2D eigenvalue weighted by Gasteiger charge is 2.30. The van der Waals surface area contributed by atoms with Gasteiger partial charge in [-0.25, -0.2) is 0 Å². The van der Waals surface area contributed by atoms with E-state index in [1.807, 2.05) is 24.3 Å². The SMILES string of the molecule is Cl.Cl.FC(F)(F)c1cccc(CN2CCN(CCc3ccc(Cl)cc3)CC2)c1. The lowest BCUT2D eigenvalue weighted by atomic mass is 10.1. The molecule has 2 nitrogen and oxygen atoms in total. The molecule has 0 spiro atoms. The van der Waals surface area contributed by atoms with Crippen LogP contribution in [0.25, 0.3) is 0 Å². The monoisotopic (exact) mass is 454 g/mol. The van der Waals surface area contributed by atoms with Crippen molar-refractivity contribution < 1.29 is 13.2 Å². The molecule has 2 aromatic rings. The molecule has 3 rings (SSSR count). The molecule has 0 aromatic heterocycles. The van der Waals surface area contributed by atoms with Crippen molar-refractivity contribution in [3.8, 4) is 0 Å². The lowest BCUT2D eigenvalue weighted by Gasteiger charge is -2.34. The van der Waals surface area contributed by atoms with Crippen LogP contribution >= 0.6 is 36.4 Å². The van der Waals surface area contributed by atoms with Gasteiger partial charge in [-0.1, -0.05) is 41.9 Å². The lowest BCUT2D eigenvalue weighted by molar-refractivity contribution is -0.137. The first-order chi connectivity index (χ1) is 12.4. The maximum atomic E-state index is 12.8. The fourth-order valence-electron chi connectivity index (χ4n) is 3.21. The molecule has 0 amide bonds. The third kappa shape index (κ3) is 7.45. The number of hydrogen-bond acceptors (Lipinski definition) is 2.